The molecule has 116 valence electrons. The van der Waals surface area contributed by atoms with Gasteiger partial charge in [0.05, 0.1) is 6.54 Å². The Kier molecular flexibility index (Phi) is 6.71. The van der Waals surface area contributed by atoms with E-state index < -0.39 is 0 Å². The van der Waals surface area contributed by atoms with E-state index in [0.717, 1.165) is 28.5 Å². The van der Waals surface area contributed by atoms with Crippen LogP contribution >= 0.6 is 15.9 Å². The smallest absolute Gasteiger partial charge is 0.238 e. The molecule has 0 heterocycles. The zero-order chi connectivity index (χ0) is 15.1. The topological polar surface area (TPSA) is 41.1 Å². The molecule has 1 aromatic rings. The van der Waals surface area contributed by atoms with Crippen LogP contribution in [0.1, 0.15) is 39.0 Å². The highest BCUT2D eigenvalue weighted by Crippen LogP contribution is 2.30. The van der Waals surface area contributed by atoms with Gasteiger partial charge in [-0.15, -0.1) is 0 Å². The Bertz CT molecular complexity index is 456. The number of rotatable bonds is 6. The molecule has 0 radical (unpaired) electrons. The SMILES string of the molecule is CCC1CCC(CNCC(=O)Nc2cccc(Br)c2)CC1. The number of nitrogens with one attached hydrogen (secondary N) is 2. The average molecular weight is 353 g/mol. The maximum atomic E-state index is 11.9. The summed E-state index contributed by atoms with van der Waals surface area (Å²) in [6.45, 7) is 3.64. The van der Waals surface area contributed by atoms with Gasteiger partial charge in [-0.25, -0.2) is 0 Å². The Morgan fingerprint density at radius 3 is 2.62 bits per heavy atom. The molecule has 0 bridgehead atoms. The second-order valence-corrected chi connectivity index (χ2v) is 6.90. The number of carbonyl (C=O) groups is 1. The van der Waals surface area contributed by atoms with Crippen molar-refractivity contribution in [1.82, 2.24) is 5.32 Å². The van der Waals surface area contributed by atoms with E-state index in [1.807, 2.05) is 24.3 Å². The zero-order valence-electron chi connectivity index (χ0n) is 12.7. The Hall–Kier alpha value is -0.870. The fourth-order valence-corrected chi connectivity index (χ4v) is 3.40. The van der Waals surface area contributed by atoms with Gasteiger partial charge in [-0.2, -0.15) is 0 Å². The summed E-state index contributed by atoms with van der Waals surface area (Å²) in [7, 11) is 0. The number of amides is 1. The van der Waals surface area contributed by atoms with Crippen molar-refractivity contribution in [3.63, 3.8) is 0 Å². The lowest BCUT2D eigenvalue weighted by molar-refractivity contribution is -0.115. The van der Waals surface area contributed by atoms with Crippen LogP contribution in [0, 0.1) is 11.8 Å². The molecule has 0 saturated heterocycles. The molecule has 0 spiro atoms. The van der Waals surface area contributed by atoms with Crippen LogP contribution in [0.2, 0.25) is 0 Å². The fourth-order valence-electron chi connectivity index (χ4n) is 3.01. The summed E-state index contributed by atoms with van der Waals surface area (Å²) < 4.78 is 0.973. The van der Waals surface area contributed by atoms with E-state index in [9.17, 15) is 4.79 Å². The van der Waals surface area contributed by atoms with Crippen molar-refractivity contribution < 1.29 is 4.79 Å². The van der Waals surface area contributed by atoms with Crippen LogP contribution in [0.25, 0.3) is 0 Å². The molecule has 4 heteroatoms. The molecular weight excluding hydrogens is 328 g/mol. The summed E-state index contributed by atoms with van der Waals surface area (Å²) in [6, 6.07) is 7.67. The van der Waals surface area contributed by atoms with Crippen molar-refractivity contribution in [2.24, 2.45) is 11.8 Å². The molecule has 0 aliphatic heterocycles. The molecule has 1 aliphatic carbocycles. The first-order chi connectivity index (χ1) is 10.2. The van der Waals surface area contributed by atoms with E-state index >= 15 is 0 Å². The predicted molar refractivity (Wildman–Crippen MR) is 91.4 cm³/mol. The van der Waals surface area contributed by atoms with Gasteiger partial charge in [0.1, 0.15) is 0 Å². The number of hydrogen-bond donors (Lipinski definition) is 2. The first-order valence-corrected chi connectivity index (χ1v) is 8.72. The number of anilines is 1. The lowest BCUT2D eigenvalue weighted by Gasteiger charge is -2.27. The minimum Gasteiger partial charge on any atom is -0.325 e. The number of benzene rings is 1. The summed E-state index contributed by atoms with van der Waals surface area (Å²) in [5.41, 5.74) is 0.833. The van der Waals surface area contributed by atoms with Gasteiger partial charge >= 0.3 is 0 Å². The Balaban J connectivity index is 1.63. The molecule has 1 saturated carbocycles. The predicted octanol–water partition coefficient (Wildman–Crippen LogP) is 4.19. The monoisotopic (exact) mass is 352 g/mol. The summed E-state index contributed by atoms with van der Waals surface area (Å²) in [5.74, 6) is 1.70. The maximum Gasteiger partial charge on any atom is 0.238 e. The minimum atomic E-state index is 0.0235. The van der Waals surface area contributed by atoms with E-state index in [1.54, 1.807) is 0 Å². The molecule has 1 aliphatic rings. The van der Waals surface area contributed by atoms with E-state index in [4.69, 9.17) is 0 Å². The standard InChI is InChI=1S/C17H25BrN2O/c1-2-13-6-8-14(9-7-13)11-19-12-17(21)20-16-5-3-4-15(18)10-16/h3-5,10,13-14,19H,2,6-9,11-12H2,1H3,(H,20,21). The Morgan fingerprint density at radius 1 is 1.24 bits per heavy atom. The second kappa shape index (κ2) is 8.54. The van der Waals surface area contributed by atoms with Crippen LogP contribution in [-0.4, -0.2) is 19.0 Å². The van der Waals surface area contributed by atoms with Crippen LogP contribution in [-0.2, 0) is 4.79 Å². The molecule has 0 atom stereocenters. The van der Waals surface area contributed by atoms with Gasteiger partial charge in [0.15, 0.2) is 0 Å². The van der Waals surface area contributed by atoms with Crippen molar-refractivity contribution in [1.29, 1.82) is 0 Å². The third-order valence-corrected chi connectivity index (χ3v) is 4.86. The van der Waals surface area contributed by atoms with Gasteiger partial charge in [-0.05, 0) is 49.4 Å². The van der Waals surface area contributed by atoms with E-state index in [2.05, 4.69) is 33.5 Å². The highest BCUT2D eigenvalue weighted by molar-refractivity contribution is 9.10. The van der Waals surface area contributed by atoms with Gasteiger partial charge in [-0.1, -0.05) is 48.2 Å². The molecule has 3 nitrogen and oxygen atoms in total. The van der Waals surface area contributed by atoms with Gasteiger partial charge < -0.3 is 10.6 Å². The van der Waals surface area contributed by atoms with Crippen LogP contribution in [0.3, 0.4) is 0 Å². The average Bonchev–Trinajstić information content (AvgIpc) is 2.48. The molecule has 0 unspecified atom stereocenters. The third-order valence-electron chi connectivity index (χ3n) is 4.37. The quantitative estimate of drug-likeness (QED) is 0.805. The summed E-state index contributed by atoms with van der Waals surface area (Å²) in [4.78, 5) is 11.9. The lowest BCUT2D eigenvalue weighted by Crippen LogP contribution is -2.33. The van der Waals surface area contributed by atoms with Crippen LogP contribution in [0.4, 0.5) is 5.69 Å². The van der Waals surface area contributed by atoms with Crippen molar-refractivity contribution >= 4 is 27.5 Å². The molecule has 0 aromatic heterocycles. The highest BCUT2D eigenvalue weighted by Gasteiger charge is 2.19. The lowest BCUT2D eigenvalue weighted by atomic mass is 9.81. The molecule has 1 fully saturated rings. The molecule has 2 N–H and O–H groups in total. The van der Waals surface area contributed by atoms with Gasteiger partial charge in [-0.3, -0.25) is 4.79 Å². The van der Waals surface area contributed by atoms with Gasteiger partial charge in [0, 0.05) is 10.2 Å². The van der Waals surface area contributed by atoms with E-state index in [1.165, 1.54) is 32.1 Å². The van der Waals surface area contributed by atoms with Crippen molar-refractivity contribution in [3.8, 4) is 0 Å². The second-order valence-electron chi connectivity index (χ2n) is 5.98. The summed E-state index contributed by atoms with van der Waals surface area (Å²) >= 11 is 3.40. The Labute approximate surface area is 136 Å². The van der Waals surface area contributed by atoms with Gasteiger partial charge in [0.25, 0.3) is 0 Å². The molecule has 21 heavy (non-hydrogen) atoms. The summed E-state index contributed by atoms with van der Waals surface area (Å²) in [6.07, 6.45) is 6.63. The third kappa shape index (κ3) is 5.79. The van der Waals surface area contributed by atoms with E-state index in [0.29, 0.717) is 6.54 Å². The first kappa shape index (κ1) is 16.5. The van der Waals surface area contributed by atoms with Gasteiger partial charge in [0.2, 0.25) is 5.91 Å². The van der Waals surface area contributed by atoms with E-state index in [-0.39, 0.29) is 5.91 Å². The maximum absolute atomic E-state index is 11.9. The normalized spacial score (nSPS) is 22.0. The number of halogens is 1. The molecule has 1 aromatic carbocycles. The Morgan fingerprint density at radius 2 is 1.95 bits per heavy atom. The first-order valence-electron chi connectivity index (χ1n) is 7.93. The molecule has 2 rings (SSSR count). The highest BCUT2D eigenvalue weighted by atomic mass is 79.9. The van der Waals surface area contributed by atoms with Crippen molar-refractivity contribution in [2.75, 3.05) is 18.4 Å². The molecule has 1 amide bonds. The van der Waals surface area contributed by atoms with Crippen LogP contribution < -0.4 is 10.6 Å². The fraction of sp³-hybridized carbons (Fsp3) is 0.588. The van der Waals surface area contributed by atoms with Crippen molar-refractivity contribution in [2.45, 2.75) is 39.0 Å². The van der Waals surface area contributed by atoms with Crippen LogP contribution in [0.5, 0.6) is 0 Å². The zero-order valence-corrected chi connectivity index (χ0v) is 14.3. The largest absolute Gasteiger partial charge is 0.325 e. The summed E-state index contributed by atoms with van der Waals surface area (Å²) in [5, 5.41) is 6.20. The minimum absolute atomic E-state index is 0.0235. The number of hydrogen-bond acceptors (Lipinski definition) is 2. The molecular formula is C17H25BrN2O. The van der Waals surface area contributed by atoms with Crippen molar-refractivity contribution in [3.05, 3.63) is 28.7 Å². The van der Waals surface area contributed by atoms with Crippen LogP contribution in [0.15, 0.2) is 28.7 Å². The number of carbonyl (C=O) groups excluding carboxylic acids is 1.